The van der Waals surface area contributed by atoms with Gasteiger partial charge in [0, 0.05) is 10.7 Å². The van der Waals surface area contributed by atoms with Crippen molar-refractivity contribution in [2.45, 2.75) is 26.3 Å². The van der Waals surface area contributed by atoms with Crippen LogP contribution < -0.4 is 5.32 Å². The molecule has 1 N–H and O–H groups in total. The highest BCUT2D eigenvalue weighted by molar-refractivity contribution is 9.10. The number of aryl methyl sites for hydroxylation is 1. The molecule has 0 aliphatic rings. The van der Waals surface area contributed by atoms with Gasteiger partial charge in [0.2, 0.25) is 0 Å². The van der Waals surface area contributed by atoms with Crippen LogP contribution in [0.3, 0.4) is 0 Å². The van der Waals surface area contributed by atoms with Crippen LogP contribution in [-0.4, -0.2) is 4.98 Å². The van der Waals surface area contributed by atoms with E-state index in [1.807, 2.05) is 13.0 Å². The van der Waals surface area contributed by atoms with Crippen LogP contribution in [0.1, 0.15) is 30.5 Å². The molecule has 0 amide bonds. The Hall–Kier alpha value is -1.06. The predicted molar refractivity (Wildman–Crippen MR) is 84.8 cm³/mol. The van der Waals surface area contributed by atoms with E-state index in [0.29, 0.717) is 5.15 Å². The van der Waals surface area contributed by atoms with Crippen molar-refractivity contribution in [3.05, 3.63) is 57.3 Å². The fraction of sp³-hybridized carbons (Fsp3) is 0.267. The van der Waals surface area contributed by atoms with Gasteiger partial charge in [-0.25, -0.2) is 4.98 Å². The van der Waals surface area contributed by atoms with Crippen molar-refractivity contribution in [1.29, 1.82) is 0 Å². The molecule has 1 atom stereocenters. The van der Waals surface area contributed by atoms with Crippen molar-refractivity contribution in [2.24, 2.45) is 0 Å². The van der Waals surface area contributed by atoms with Gasteiger partial charge in [0.15, 0.2) is 5.15 Å². The average molecular weight is 340 g/mol. The van der Waals surface area contributed by atoms with Gasteiger partial charge in [0.25, 0.3) is 0 Å². The molecule has 0 saturated carbocycles. The molecule has 0 aliphatic carbocycles. The van der Waals surface area contributed by atoms with E-state index < -0.39 is 0 Å². The van der Waals surface area contributed by atoms with Crippen LogP contribution in [-0.2, 0) is 0 Å². The first-order valence-electron chi connectivity index (χ1n) is 6.25. The maximum atomic E-state index is 6.16. The number of anilines is 1. The Morgan fingerprint density at radius 3 is 2.53 bits per heavy atom. The molecule has 1 unspecified atom stereocenters. The lowest BCUT2D eigenvalue weighted by molar-refractivity contribution is 0.747. The minimum absolute atomic E-state index is 0.230. The van der Waals surface area contributed by atoms with Gasteiger partial charge in [0.05, 0.1) is 11.7 Å². The number of halogens is 2. The summed E-state index contributed by atoms with van der Waals surface area (Å²) >= 11 is 9.62. The maximum Gasteiger partial charge on any atom is 0.152 e. The van der Waals surface area contributed by atoms with E-state index in [1.165, 1.54) is 5.56 Å². The smallest absolute Gasteiger partial charge is 0.152 e. The van der Waals surface area contributed by atoms with Crippen molar-refractivity contribution in [2.75, 3.05) is 5.32 Å². The minimum atomic E-state index is 0.230. The summed E-state index contributed by atoms with van der Waals surface area (Å²) in [7, 11) is 0. The standard InChI is InChI=1S/C15H16BrClN2/c1-3-13(11-4-6-12(16)7-5-11)19-14-10(2)8-9-18-15(14)17/h4-9,13,19H,3H2,1-2H3. The summed E-state index contributed by atoms with van der Waals surface area (Å²) in [6.07, 6.45) is 2.70. The molecule has 1 aromatic heterocycles. The van der Waals surface area contributed by atoms with Gasteiger partial charge in [-0.15, -0.1) is 0 Å². The number of hydrogen-bond donors (Lipinski definition) is 1. The van der Waals surface area contributed by atoms with Gasteiger partial charge in [-0.2, -0.15) is 0 Å². The van der Waals surface area contributed by atoms with E-state index in [1.54, 1.807) is 6.20 Å². The van der Waals surface area contributed by atoms with Gasteiger partial charge in [-0.1, -0.05) is 46.6 Å². The summed E-state index contributed by atoms with van der Waals surface area (Å²) in [4.78, 5) is 4.13. The van der Waals surface area contributed by atoms with Crippen LogP contribution in [0, 0.1) is 6.92 Å². The van der Waals surface area contributed by atoms with Crippen LogP contribution in [0.5, 0.6) is 0 Å². The van der Waals surface area contributed by atoms with Crippen LogP contribution in [0.15, 0.2) is 41.0 Å². The highest BCUT2D eigenvalue weighted by atomic mass is 79.9. The SMILES string of the molecule is CCC(Nc1c(C)ccnc1Cl)c1ccc(Br)cc1. The second-order valence-corrected chi connectivity index (χ2v) is 5.72. The van der Waals surface area contributed by atoms with E-state index in [0.717, 1.165) is 22.1 Å². The van der Waals surface area contributed by atoms with Crippen LogP contribution >= 0.6 is 27.5 Å². The predicted octanol–water partition coefficient (Wildman–Crippen LogP) is 5.37. The normalized spacial score (nSPS) is 12.2. The maximum absolute atomic E-state index is 6.16. The summed E-state index contributed by atoms with van der Waals surface area (Å²) < 4.78 is 1.08. The molecule has 4 heteroatoms. The molecule has 2 rings (SSSR count). The molecule has 0 bridgehead atoms. The fourth-order valence-electron chi connectivity index (χ4n) is 1.99. The highest BCUT2D eigenvalue weighted by Gasteiger charge is 2.13. The number of nitrogens with zero attached hydrogens (tertiary/aromatic N) is 1. The molecule has 2 aromatic rings. The number of aromatic nitrogens is 1. The van der Waals surface area contributed by atoms with E-state index in [4.69, 9.17) is 11.6 Å². The first kappa shape index (κ1) is 14.4. The summed E-state index contributed by atoms with van der Waals surface area (Å²) in [5.41, 5.74) is 3.26. The largest absolute Gasteiger partial charge is 0.376 e. The van der Waals surface area contributed by atoms with Crippen LogP contribution in [0.25, 0.3) is 0 Å². The second-order valence-electron chi connectivity index (χ2n) is 4.45. The Bertz CT molecular complexity index is 534. The molecular formula is C15H16BrClN2. The third-order valence-corrected chi connectivity index (χ3v) is 3.93. The quantitative estimate of drug-likeness (QED) is 0.758. The number of hydrogen-bond acceptors (Lipinski definition) is 2. The zero-order valence-corrected chi connectivity index (χ0v) is 13.3. The Morgan fingerprint density at radius 2 is 1.95 bits per heavy atom. The van der Waals surface area contributed by atoms with Crippen molar-refractivity contribution in [1.82, 2.24) is 4.98 Å². The average Bonchev–Trinajstić information content (AvgIpc) is 2.40. The summed E-state index contributed by atoms with van der Waals surface area (Å²) in [6.45, 7) is 4.18. The molecule has 0 radical (unpaired) electrons. The molecule has 0 fully saturated rings. The zero-order chi connectivity index (χ0) is 13.8. The lowest BCUT2D eigenvalue weighted by atomic mass is 10.0. The first-order valence-corrected chi connectivity index (χ1v) is 7.42. The van der Waals surface area contributed by atoms with E-state index >= 15 is 0 Å². The Morgan fingerprint density at radius 1 is 1.26 bits per heavy atom. The summed E-state index contributed by atoms with van der Waals surface area (Å²) in [5, 5.41) is 4.01. The Kier molecular flexibility index (Phi) is 4.83. The number of pyridine rings is 1. The first-order chi connectivity index (χ1) is 9.11. The molecule has 0 aliphatic heterocycles. The van der Waals surface area contributed by atoms with Gasteiger partial charge in [-0.3, -0.25) is 0 Å². The lowest BCUT2D eigenvalue weighted by Gasteiger charge is -2.20. The van der Waals surface area contributed by atoms with E-state index in [2.05, 4.69) is 57.4 Å². The molecule has 1 heterocycles. The molecule has 19 heavy (non-hydrogen) atoms. The Labute approximate surface area is 127 Å². The van der Waals surface area contributed by atoms with Gasteiger partial charge < -0.3 is 5.32 Å². The molecular weight excluding hydrogens is 324 g/mol. The van der Waals surface area contributed by atoms with Crippen molar-refractivity contribution in [3.63, 3.8) is 0 Å². The molecule has 2 nitrogen and oxygen atoms in total. The molecule has 1 aromatic carbocycles. The van der Waals surface area contributed by atoms with Crippen molar-refractivity contribution < 1.29 is 0 Å². The second kappa shape index (κ2) is 6.40. The number of rotatable bonds is 4. The van der Waals surface area contributed by atoms with Gasteiger partial charge >= 0.3 is 0 Å². The summed E-state index contributed by atoms with van der Waals surface area (Å²) in [5.74, 6) is 0. The molecule has 0 spiro atoms. The van der Waals surface area contributed by atoms with Gasteiger partial charge in [-0.05, 0) is 42.7 Å². The molecule has 100 valence electrons. The topological polar surface area (TPSA) is 24.9 Å². The number of benzene rings is 1. The van der Waals surface area contributed by atoms with Crippen LogP contribution in [0.2, 0.25) is 5.15 Å². The lowest BCUT2D eigenvalue weighted by Crippen LogP contribution is -2.11. The van der Waals surface area contributed by atoms with Gasteiger partial charge in [0.1, 0.15) is 0 Å². The number of nitrogens with one attached hydrogen (secondary N) is 1. The highest BCUT2D eigenvalue weighted by Crippen LogP contribution is 2.29. The van der Waals surface area contributed by atoms with Crippen molar-refractivity contribution in [3.8, 4) is 0 Å². The Balaban J connectivity index is 2.26. The van der Waals surface area contributed by atoms with E-state index in [9.17, 15) is 0 Å². The van der Waals surface area contributed by atoms with Crippen LogP contribution in [0.4, 0.5) is 5.69 Å². The zero-order valence-electron chi connectivity index (χ0n) is 11.0. The van der Waals surface area contributed by atoms with E-state index in [-0.39, 0.29) is 6.04 Å². The molecule has 0 saturated heterocycles. The fourth-order valence-corrected chi connectivity index (χ4v) is 2.51. The van der Waals surface area contributed by atoms with Crippen molar-refractivity contribution >= 4 is 33.2 Å². The third-order valence-electron chi connectivity index (χ3n) is 3.11. The monoisotopic (exact) mass is 338 g/mol. The third kappa shape index (κ3) is 3.48. The summed E-state index contributed by atoms with van der Waals surface area (Å²) in [6, 6.07) is 10.5. The minimum Gasteiger partial charge on any atom is -0.376 e.